The van der Waals surface area contributed by atoms with Crippen molar-refractivity contribution in [1.29, 1.82) is 0 Å². The first-order chi connectivity index (χ1) is 14.4. The van der Waals surface area contributed by atoms with Crippen molar-refractivity contribution in [3.05, 3.63) is 22.7 Å². The lowest BCUT2D eigenvalue weighted by atomic mass is 9.85. The molecule has 2 heterocycles. The minimum atomic E-state index is -0.631. The van der Waals surface area contributed by atoms with Crippen molar-refractivity contribution in [3.63, 3.8) is 0 Å². The average Bonchev–Trinajstić information content (AvgIpc) is 3.09. The standard InChI is InChI=1S/C23H35N3O4S/c1-22(2,3)29-20(27)25(13-15-8-7-9-15)14-16-10-19-18(11-17(12-24)31-19)26(16)21(28)30-23(4,5)6/h10-11,15H,7-9,12-14,24H2,1-6H3. The number of ether oxygens (including phenoxy) is 2. The summed E-state index contributed by atoms with van der Waals surface area (Å²) in [6.07, 6.45) is 2.61. The van der Waals surface area contributed by atoms with Crippen molar-refractivity contribution < 1.29 is 19.1 Å². The van der Waals surface area contributed by atoms with Gasteiger partial charge in [-0.25, -0.2) is 14.2 Å². The number of hydrogen-bond acceptors (Lipinski definition) is 6. The Hall–Kier alpha value is -2.06. The van der Waals surface area contributed by atoms with Gasteiger partial charge in [0.25, 0.3) is 0 Å². The molecule has 0 atom stereocenters. The Labute approximate surface area is 188 Å². The van der Waals surface area contributed by atoms with E-state index >= 15 is 0 Å². The van der Waals surface area contributed by atoms with Gasteiger partial charge in [-0.05, 0) is 72.4 Å². The molecule has 0 radical (unpaired) electrons. The molecule has 3 rings (SSSR count). The van der Waals surface area contributed by atoms with Gasteiger partial charge in [-0.2, -0.15) is 0 Å². The summed E-state index contributed by atoms with van der Waals surface area (Å²) >= 11 is 1.55. The van der Waals surface area contributed by atoms with E-state index in [1.54, 1.807) is 20.8 Å². The average molecular weight is 450 g/mol. The van der Waals surface area contributed by atoms with Crippen molar-refractivity contribution in [3.8, 4) is 0 Å². The Morgan fingerprint density at radius 3 is 2.29 bits per heavy atom. The molecule has 0 bridgehead atoms. The first kappa shape index (κ1) is 23.6. The van der Waals surface area contributed by atoms with E-state index in [0.717, 1.165) is 27.9 Å². The summed E-state index contributed by atoms with van der Waals surface area (Å²) in [5.41, 5.74) is 6.07. The number of rotatable bonds is 5. The quantitative estimate of drug-likeness (QED) is 0.653. The third kappa shape index (κ3) is 6.01. The van der Waals surface area contributed by atoms with Crippen LogP contribution < -0.4 is 5.73 Å². The highest BCUT2D eigenvalue weighted by molar-refractivity contribution is 7.19. The van der Waals surface area contributed by atoms with Gasteiger partial charge in [-0.3, -0.25) is 0 Å². The van der Waals surface area contributed by atoms with Gasteiger partial charge in [-0.1, -0.05) is 6.42 Å². The van der Waals surface area contributed by atoms with Crippen LogP contribution >= 0.6 is 11.3 Å². The molecule has 1 fully saturated rings. The summed E-state index contributed by atoms with van der Waals surface area (Å²) in [5.74, 6) is 0.474. The van der Waals surface area contributed by atoms with E-state index < -0.39 is 17.3 Å². The molecule has 0 aromatic carbocycles. The summed E-state index contributed by atoms with van der Waals surface area (Å²) < 4.78 is 13.9. The van der Waals surface area contributed by atoms with Crippen LogP contribution in [-0.4, -0.2) is 39.4 Å². The number of thiophene rings is 1. The Kier molecular flexibility index (Phi) is 6.72. The lowest BCUT2D eigenvalue weighted by Crippen LogP contribution is -2.41. The van der Waals surface area contributed by atoms with Gasteiger partial charge >= 0.3 is 12.2 Å². The molecule has 7 nitrogen and oxygen atoms in total. The van der Waals surface area contributed by atoms with Crippen LogP contribution in [0, 0.1) is 5.92 Å². The van der Waals surface area contributed by atoms with Crippen LogP contribution in [0.2, 0.25) is 0 Å². The highest BCUT2D eigenvalue weighted by Gasteiger charge is 2.30. The zero-order chi connectivity index (χ0) is 23.0. The zero-order valence-corrected chi connectivity index (χ0v) is 20.3. The second kappa shape index (κ2) is 8.82. The number of nitrogens with two attached hydrogens (primary N) is 1. The van der Waals surface area contributed by atoms with Crippen LogP contribution in [-0.2, 0) is 22.6 Å². The van der Waals surface area contributed by atoms with Gasteiger partial charge in [0.15, 0.2) is 0 Å². The molecule has 0 spiro atoms. The number of hydrogen-bond donors (Lipinski definition) is 1. The van der Waals surface area contributed by atoms with Crippen LogP contribution in [0.25, 0.3) is 10.2 Å². The molecule has 2 aromatic rings. The molecule has 0 aliphatic heterocycles. The molecule has 0 saturated heterocycles. The second-order valence-corrected chi connectivity index (χ2v) is 11.4. The Morgan fingerprint density at radius 2 is 1.77 bits per heavy atom. The summed E-state index contributed by atoms with van der Waals surface area (Å²) in [7, 11) is 0. The highest BCUT2D eigenvalue weighted by atomic mass is 32.1. The molecule has 0 unspecified atom stereocenters. The number of carbonyl (C=O) groups is 2. The van der Waals surface area contributed by atoms with Crippen molar-refractivity contribution in [2.75, 3.05) is 6.54 Å². The summed E-state index contributed by atoms with van der Waals surface area (Å²) in [6, 6.07) is 3.89. The summed E-state index contributed by atoms with van der Waals surface area (Å²) in [5, 5.41) is 0. The minimum absolute atomic E-state index is 0.282. The van der Waals surface area contributed by atoms with E-state index in [1.807, 2.05) is 53.7 Å². The van der Waals surface area contributed by atoms with Gasteiger partial charge in [-0.15, -0.1) is 11.3 Å². The summed E-state index contributed by atoms with van der Waals surface area (Å²) in [6.45, 7) is 12.4. The van der Waals surface area contributed by atoms with Crippen LogP contribution in [0.1, 0.15) is 71.4 Å². The van der Waals surface area contributed by atoms with E-state index in [4.69, 9.17) is 15.2 Å². The number of aromatic nitrogens is 1. The van der Waals surface area contributed by atoms with Gasteiger partial charge in [0.1, 0.15) is 11.2 Å². The van der Waals surface area contributed by atoms with Crippen molar-refractivity contribution in [2.45, 2.75) is 85.1 Å². The topological polar surface area (TPSA) is 86.8 Å². The predicted molar refractivity (Wildman–Crippen MR) is 123 cm³/mol. The van der Waals surface area contributed by atoms with Crippen molar-refractivity contribution >= 4 is 33.7 Å². The molecule has 172 valence electrons. The van der Waals surface area contributed by atoms with E-state index in [9.17, 15) is 9.59 Å². The smallest absolute Gasteiger partial charge is 0.419 e. The third-order valence-electron chi connectivity index (χ3n) is 5.10. The van der Waals surface area contributed by atoms with Gasteiger partial charge in [0, 0.05) is 18.0 Å². The number of carbonyl (C=O) groups excluding carboxylic acids is 2. The molecule has 1 aliphatic carbocycles. The second-order valence-electron chi connectivity index (χ2n) is 10.3. The fourth-order valence-corrected chi connectivity index (χ4v) is 4.53. The molecular weight excluding hydrogens is 414 g/mol. The molecule has 2 N–H and O–H groups in total. The SMILES string of the molecule is CC(C)(C)OC(=O)N(Cc1cc2sc(CN)cc2n1C(=O)OC(C)(C)C)CC1CCC1. The van der Waals surface area contributed by atoms with Crippen LogP contribution in [0.15, 0.2) is 12.1 Å². The Morgan fingerprint density at radius 1 is 1.13 bits per heavy atom. The number of fused-ring (bicyclic) bond motifs is 1. The highest BCUT2D eigenvalue weighted by Crippen LogP contribution is 2.32. The van der Waals surface area contributed by atoms with Crippen LogP contribution in [0.4, 0.5) is 9.59 Å². The molecule has 8 heteroatoms. The van der Waals surface area contributed by atoms with Crippen molar-refractivity contribution in [2.24, 2.45) is 11.7 Å². The van der Waals surface area contributed by atoms with E-state index in [2.05, 4.69) is 0 Å². The first-order valence-corrected chi connectivity index (χ1v) is 11.7. The maximum absolute atomic E-state index is 13.1. The van der Waals surface area contributed by atoms with Crippen molar-refractivity contribution in [1.82, 2.24) is 9.47 Å². The fraction of sp³-hybridized carbons (Fsp3) is 0.652. The lowest BCUT2D eigenvalue weighted by Gasteiger charge is -2.33. The van der Waals surface area contributed by atoms with E-state index in [-0.39, 0.29) is 12.6 Å². The third-order valence-corrected chi connectivity index (χ3v) is 6.20. The minimum Gasteiger partial charge on any atom is -0.444 e. The zero-order valence-electron chi connectivity index (χ0n) is 19.5. The lowest BCUT2D eigenvalue weighted by molar-refractivity contribution is 0.0163. The first-order valence-electron chi connectivity index (χ1n) is 10.9. The monoisotopic (exact) mass is 449 g/mol. The Balaban J connectivity index is 1.95. The molecular formula is C23H35N3O4S. The van der Waals surface area contributed by atoms with E-state index in [0.29, 0.717) is 24.7 Å². The number of amides is 1. The predicted octanol–water partition coefficient (Wildman–Crippen LogP) is 5.48. The van der Waals surface area contributed by atoms with Gasteiger partial charge in [0.2, 0.25) is 0 Å². The van der Waals surface area contributed by atoms with Gasteiger partial charge < -0.3 is 20.1 Å². The maximum Gasteiger partial charge on any atom is 0.419 e. The largest absolute Gasteiger partial charge is 0.444 e. The molecule has 1 amide bonds. The molecule has 1 aliphatic rings. The normalized spacial score (nSPS) is 15.1. The Bertz CT molecular complexity index is 945. The summed E-state index contributed by atoms with van der Waals surface area (Å²) in [4.78, 5) is 28.8. The molecule has 2 aromatic heterocycles. The van der Waals surface area contributed by atoms with Crippen LogP contribution in [0.5, 0.6) is 0 Å². The number of nitrogens with zero attached hydrogens (tertiary/aromatic N) is 2. The maximum atomic E-state index is 13.1. The fourth-order valence-electron chi connectivity index (χ4n) is 3.55. The van der Waals surface area contributed by atoms with Crippen LogP contribution in [0.3, 0.4) is 0 Å². The van der Waals surface area contributed by atoms with E-state index in [1.165, 1.54) is 6.42 Å². The van der Waals surface area contributed by atoms with Gasteiger partial charge in [0.05, 0.1) is 22.5 Å². The molecule has 31 heavy (non-hydrogen) atoms. The molecule has 1 saturated carbocycles.